The van der Waals surface area contributed by atoms with E-state index in [1.165, 1.54) is 6.26 Å². The molecule has 0 N–H and O–H groups in total. The van der Waals surface area contributed by atoms with Crippen LogP contribution >= 0.6 is 0 Å². The average Bonchev–Trinajstić information content (AvgIpc) is 2.93. The number of unbranched alkanes of at least 4 members (excludes halogenated alkanes) is 1. The second-order valence-electron chi connectivity index (χ2n) is 3.16. The van der Waals surface area contributed by atoms with Gasteiger partial charge >= 0.3 is 0 Å². The zero-order valence-corrected chi connectivity index (χ0v) is 8.20. The summed E-state index contributed by atoms with van der Waals surface area (Å²) in [6, 6.07) is 0. The minimum Gasteiger partial charge on any atom is -0.473 e. The van der Waals surface area contributed by atoms with E-state index in [0.717, 1.165) is 25.9 Å². The Labute approximate surface area is 79.7 Å². The first-order valence-electron chi connectivity index (χ1n) is 4.86. The molecule has 2 atom stereocenters. The molecule has 1 heterocycles. The van der Waals surface area contributed by atoms with Gasteiger partial charge in [-0.3, -0.25) is 0 Å². The lowest BCUT2D eigenvalue weighted by Gasteiger charge is -2.15. The smallest absolute Gasteiger partial charge is 0.198 e. The summed E-state index contributed by atoms with van der Waals surface area (Å²) in [5.74, 6) is 0. The fraction of sp³-hybridized carbons (Fsp3) is 0.800. The van der Waals surface area contributed by atoms with Gasteiger partial charge in [0.2, 0.25) is 0 Å². The van der Waals surface area contributed by atoms with E-state index in [1.54, 1.807) is 0 Å². The predicted molar refractivity (Wildman–Crippen MR) is 50.3 cm³/mol. The molecule has 0 aromatic heterocycles. The Morgan fingerprint density at radius 1 is 1.69 bits per heavy atom. The number of epoxide rings is 1. The van der Waals surface area contributed by atoms with E-state index in [1.807, 2.05) is 0 Å². The standard InChI is InChI=1S/C10H18O3/c1-3-5-6-10(11-4-2)13-8-9-7-12-9/h4,9-10H,2-3,5-8H2,1H3. The van der Waals surface area contributed by atoms with E-state index >= 15 is 0 Å². The summed E-state index contributed by atoms with van der Waals surface area (Å²) in [6.45, 7) is 7.13. The Morgan fingerprint density at radius 3 is 3.00 bits per heavy atom. The van der Waals surface area contributed by atoms with Crippen molar-refractivity contribution in [2.24, 2.45) is 0 Å². The Balaban J connectivity index is 2.07. The third kappa shape index (κ3) is 4.90. The summed E-state index contributed by atoms with van der Waals surface area (Å²) in [7, 11) is 0. The molecule has 0 aliphatic carbocycles. The van der Waals surface area contributed by atoms with E-state index < -0.39 is 0 Å². The minimum atomic E-state index is -0.137. The minimum absolute atomic E-state index is 0.137. The van der Waals surface area contributed by atoms with Crippen molar-refractivity contribution in [3.05, 3.63) is 12.8 Å². The van der Waals surface area contributed by atoms with E-state index in [2.05, 4.69) is 13.5 Å². The molecule has 0 spiro atoms. The van der Waals surface area contributed by atoms with E-state index in [-0.39, 0.29) is 6.29 Å². The van der Waals surface area contributed by atoms with Crippen LogP contribution in [0.2, 0.25) is 0 Å². The van der Waals surface area contributed by atoms with Crippen molar-refractivity contribution < 1.29 is 14.2 Å². The fourth-order valence-corrected chi connectivity index (χ4v) is 1.05. The maximum Gasteiger partial charge on any atom is 0.198 e. The lowest BCUT2D eigenvalue weighted by atomic mass is 10.2. The van der Waals surface area contributed by atoms with Crippen LogP contribution in [-0.2, 0) is 14.2 Å². The van der Waals surface area contributed by atoms with Crippen LogP contribution in [0.1, 0.15) is 26.2 Å². The van der Waals surface area contributed by atoms with Crippen LogP contribution in [0.15, 0.2) is 12.8 Å². The molecule has 0 aromatic carbocycles. The summed E-state index contributed by atoms with van der Waals surface area (Å²) in [5.41, 5.74) is 0. The topological polar surface area (TPSA) is 31.0 Å². The SMILES string of the molecule is C=COC(CCCC)OCC1CO1. The third-order valence-electron chi connectivity index (χ3n) is 1.91. The van der Waals surface area contributed by atoms with E-state index in [4.69, 9.17) is 14.2 Å². The number of hydrogen-bond acceptors (Lipinski definition) is 3. The van der Waals surface area contributed by atoms with Crippen molar-refractivity contribution in [2.75, 3.05) is 13.2 Å². The lowest BCUT2D eigenvalue weighted by molar-refractivity contribution is -0.114. The molecule has 1 fully saturated rings. The first-order chi connectivity index (χ1) is 6.36. The molecule has 0 saturated carbocycles. The number of hydrogen-bond donors (Lipinski definition) is 0. The molecule has 0 amide bonds. The van der Waals surface area contributed by atoms with Crippen LogP contribution in [0.3, 0.4) is 0 Å². The zero-order valence-electron chi connectivity index (χ0n) is 8.20. The second-order valence-corrected chi connectivity index (χ2v) is 3.16. The molecule has 1 saturated heterocycles. The molecule has 1 rings (SSSR count). The van der Waals surface area contributed by atoms with Gasteiger partial charge in [-0.15, -0.1) is 0 Å². The number of rotatable bonds is 8. The van der Waals surface area contributed by atoms with Gasteiger partial charge in [-0.25, -0.2) is 0 Å². The van der Waals surface area contributed by atoms with E-state index in [9.17, 15) is 0 Å². The Bertz CT molecular complexity index is 143. The molecule has 0 bridgehead atoms. The van der Waals surface area contributed by atoms with E-state index in [0.29, 0.717) is 12.7 Å². The maximum atomic E-state index is 5.49. The molecule has 1 aliphatic rings. The molecule has 76 valence electrons. The van der Waals surface area contributed by atoms with Crippen LogP contribution in [0.4, 0.5) is 0 Å². The highest BCUT2D eigenvalue weighted by atomic mass is 16.7. The zero-order chi connectivity index (χ0) is 9.52. The van der Waals surface area contributed by atoms with Gasteiger partial charge in [-0.2, -0.15) is 0 Å². The monoisotopic (exact) mass is 186 g/mol. The molecule has 2 unspecified atom stereocenters. The van der Waals surface area contributed by atoms with Crippen molar-refractivity contribution in [2.45, 2.75) is 38.6 Å². The van der Waals surface area contributed by atoms with Gasteiger partial charge in [0, 0.05) is 6.42 Å². The molecule has 0 aromatic rings. The average molecular weight is 186 g/mol. The molecule has 3 heteroatoms. The normalized spacial score (nSPS) is 22.4. The van der Waals surface area contributed by atoms with Gasteiger partial charge in [0.25, 0.3) is 0 Å². The van der Waals surface area contributed by atoms with Crippen molar-refractivity contribution in [1.82, 2.24) is 0 Å². The largest absolute Gasteiger partial charge is 0.473 e. The van der Waals surface area contributed by atoms with Crippen LogP contribution in [0.5, 0.6) is 0 Å². The van der Waals surface area contributed by atoms with Crippen LogP contribution < -0.4 is 0 Å². The van der Waals surface area contributed by atoms with Crippen molar-refractivity contribution in [1.29, 1.82) is 0 Å². The van der Waals surface area contributed by atoms with Gasteiger partial charge in [-0.05, 0) is 6.42 Å². The summed E-state index contributed by atoms with van der Waals surface area (Å²) in [6.07, 6.45) is 4.80. The predicted octanol–water partition coefficient (Wildman–Crippen LogP) is 2.08. The molecule has 13 heavy (non-hydrogen) atoms. The second kappa shape index (κ2) is 6.00. The van der Waals surface area contributed by atoms with Gasteiger partial charge in [-0.1, -0.05) is 19.9 Å². The molecule has 3 nitrogen and oxygen atoms in total. The Morgan fingerprint density at radius 2 is 2.46 bits per heavy atom. The van der Waals surface area contributed by atoms with Crippen LogP contribution in [0, 0.1) is 0 Å². The quantitative estimate of drug-likeness (QED) is 0.330. The van der Waals surface area contributed by atoms with Gasteiger partial charge in [0.1, 0.15) is 6.10 Å². The molecule has 1 aliphatic heterocycles. The fourth-order valence-electron chi connectivity index (χ4n) is 1.05. The Kier molecular flexibility index (Phi) is 4.86. The van der Waals surface area contributed by atoms with Crippen LogP contribution in [-0.4, -0.2) is 25.6 Å². The maximum absolute atomic E-state index is 5.49. The first kappa shape index (κ1) is 10.5. The van der Waals surface area contributed by atoms with Crippen molar-refractivity contribution in [3.63, 3.8) is 0 Å². The highest BCUT2D eigenvalue weighted by Gasteiger charge is 2.24. The summed E-state index contributed by atoms with van der Waals surface area (Å²) >= 11 is 0. The Hall–Kier alpha value is -0.540. The highest BCUT2D eigenvalue weighted by Crippen LogP contribution is 2.13. The number of ether oxygens (including phenoxy) is 3. The van der Waals surface area contributed by atoms with Gasteiger partial charge in [0.05, 0.1) is 19.5 Å². The molecular weight excluding hydrogens is 168 g/mol. The summed E-state index contributed by atoms with van der Waals surface area (Å²) < 4.78 is 15.7. The van der Waals surface area contributed by atoms with Crippen LogP contribution in [0.25, 0.3) is 0 Å². The lowest BCUT2D eigenvalue weighted by Crippen LogP contribution is -2.17. The molecule has 0 radical (unpaired) electrons. The van der Waals surface area contributed by atoms with Crippen molar-refractivity contribution in [3.8, 4) is 0 Å². The third-order valence-corrected chi connectivity index (χ3v) is 1.91. The highest BCUT2D eigenvalue weighted by molar-refractivity contribution is 4.68. The first-order valence-corrected chi connectivity index (χ1v) is 4.86. The summed E-state index contributed by atoms with van der Waals surface area (Å²) in [5, 5.41) is 0. The summed E-state index contributed by atoms with van der Waals surface area (Å²) in [4.78, 5) is 0. The van der Waals surface area contributed by atoms with Gasteiger partial charge in [0.15, 0.2) is 6.29 Å². The van der Waals surface area contributed by atoms with Crippen molar-refractivity contribution >= 4 is 0 Å². The molecular formula is C10H18O3. The van der Waals surface area contributed by atoms with Gasteiger partial charge < -0.3 is 14.2 Å².